The first kappa shape index (κ1) is 33.5. The Morgan fingerprint density at radius 3 is 1.95 bits per heavy atom. The highest BCUT2D eigenvalue weighted by Crippen LogP contribution is 2.34. The Kier molecular flexibility index (Phi) is 13.4. The molecule has 2 rings (SSSR count). The summed E-state index contributed by atoms with van der Waals surface area (Å²) in [6.45, 7) is 6.29. The van der Waals surface area contributed by atoms with Crippen molar-refractivity contribution in [3.8, 4) is 0 Å². The molecule has 0 bridgehead atoms. The second-order valence-electron chi connectivity index (χ2n) is 9.09. The van der Waals surface area contributed by atoms with Gasteiger partial charge in [0.2, 0.25) is 0 Å². The maximum atomic E-state index is 12.3. The van der Waals surface area contributed by atoms with Crippen molar-refractivity contribution in [3.63, 3.8) is 0 Å². The van der Waals surface area contributed by atoms with E-state index in [0.29, 0.717) is 25.0 Å². The summed E-state index contributed by atoms with van der Waals surface area (Å²) in [7, 11) is -3.84. The van der Waals surface area contributed by atoms with E-state index < -0.39 is 63.8 Å². The van der Waals surface area contributed by atoms with E-state index in [1.165, 1.54) is 37.7 Å². The number of ether oxygens (including phenoxy) is 5. The fraction of sp³-hybridized carbons (Fsp3) is 0.615. The molecule has 0 spiro atoms. The molecule has 1 saturated heterocycles. The van der Waals surface area contributed by atoms with Crippen LogP contribution in [0.25, 0.3) is 0 Å². The van der Waals surface area contributed by atoms with E-state index >= 15 is 0 Å². The van der Waals surface area contributed by atoms with Gasteiger partial charge in [-0.15, -0.1) is 11.8 Å². The van der Waals surface area contributed by atoms with Crippen molar-refractivity contribution >= 4 is 45.8 Å². The highest BCUT2D eigenvalue weighted by Gasteiger charge is 2.52. The number of aryl methyl sites for hydroxylation is 1. The molecule has 0 unspecified atom stereocenters. The van der Waals surface area contributed by atoms with Crippen LogP contribution in [0.3, 0.4) is 0 Å². The van der Waals surface area contributed by atoms with Gasteiger partial charge in [0, 0.05) is 27.7 Å². The number of unbranched alkanes of at least 4 members (excludes halogenated alkanes) is 2. The Balaban J connectivity index is 2.01. The Hall–Kier alpha value is -2.68. The van der Waals surface area contributed by atoms with Crippen molar-refractivity contribution in [2.24, 2.45) is 0 Å². The highest BCUT2D eigenvalue weighted by molar-refractivity contribution is 7.99. The lowest BCUT2D eigenvalue weighted by atomic mass is 9.99. The van der Waals surface area contributed by atoms with E-state index in [1.54, 1.807) is 12.1 Å². The smallest absolute Gasteiger partial charge is 0.303 e. The summed E-state index contributed by atoms with van der Waals surface area (Å²) in [6.07, 6.45) is -2.79. The number of rotatable bonds is 14. The van der Waals surface area contributed by atoms with Crippen LogP contribution in [0.4, 0.5) is 0 Å². The third-order valence-electron chi connectivity index (χ3n) is 5.57. The molecule has 5 atom stereocenters. The molecule has 0 amide bonds. The van der Waals surface area contributed by atoms with Gasteiger partial charge < -0.3 is 23.7 Å². The van der Waals surface area contributed by atoms with Crippen LogP contribution < -0.4 is 0 Å². The number of carbonyl (C=O) groups is 4. The van der Waals surface area contributed by atoms with E-state index in [0.717, 1.165) is 19.4 Å². The van der Waals surface area contributed by atoms with Gasteiger partial charge in [-0.2, -0.15) is 8.42 Å². The monoisotopic (exact) mass is 604 g/mol. The molecule has 14 heteroatoms. The summed E-state index contributed by atoms with van der Waals surface area (Å²) in [6, 6.07) is 6.38. The zero-order valence-corrected chi connectivity index (χ0v) is 24.8. The van der Waals surface area contributed by atoms with Crippen molar-refractivity contribution in [1.29, 1.82) is 0 Å². The predicted octanol–water partition coefficient (Wildman–Crippen LogP) is 2.69. The molecule has 1 aromatic carbocycles. The lowest BCUT2D eigenvalue weighted by Gasteiger charge is -2.44. The van der Waals surface area contributed by atoms with E-state index in [-0.39, 0.29) is 18.1 Å². The number of esters is 4. The number of hydrogen-bond acceptors (Lipinski definition) is 13. The Morgan fingerprint density at radius 1 is 0.800 bits per heavy atom. The van der Waals surface area contributed by atoms with Gasteiger partial charge in [0.25, 0.3) is 10.1 Å². The summed E-state index contributed by atoms with van der Waals surface area (Å²) in [5, 5.41) is 0. The molecular weight excluding hydrogens is 568 g/mol. The molecule has 12 nitrogen and oxygen atoms in total. The van der Waals surface area contributed by atoms with Gasteiger partial charge in [0.1, 0.15) is 18.1 Å². The summed E-state index contributed by atoms with van der Waals surface area (Å²) in [5.41, 5.74) is 0.0897. The van der Waals surface area contributed by atoms with Gasteiger partial charge in [-0.05, 0) is 37.7 Å². The van der Waals surface area contributed by atoms with Gasteiger partial charge in [-0.25, -0.2) is 0 Å². The number of carbonyl (C=O) groups excluding carboxylic acids is 4. The fourth-order valence-corrected chi connectivity index (χ4v) is 6.01. The largest absolute Gasteiger partial charge is 0.463 e. The average molecular weight is 605 g/mol. The minimum atomic E-state index is -3.84. The number of benzene rings is 1. The van der Waals surface area contributed by atoms with Crippen molar-refractivity contribution < 1.29 is 55.5 Å². The van der Waals surface area contributed by atoms with Crippen molar-refractivity contribution in [3.05, 3.63) is 29.8 Å². The third kappa shape index (κ3) is 11.1. The van der Waals surface area contributed by atoms with Gasteiger partial charge in [-0.1, -0.05) is 24.1 Å². The molecule has 1 aliphatic rings. The first-order valence-electron chi connectivity index (χ1n) is 12.7. The second-order valence-corrected chi connectivity index (χ2v) is 11.9. The standard InChI is InChI=1S/C26H36O12S2/c1-16-9-11-21(12-10-16)40(31,32)34-13-7-6-8-14-39-26-25(37-20(5)30)24(36-19(4)29)23(35-18(3)28)22(38-26)15-33-17(2)27/h9-12,22-26H,6-8,13-15H2,1-5H3/t22-,23-,24+,25+,26-/m1/s1. The van der Waals surface area contributed by atoms with Crippen LogP contribution in [0.2, 0.25) is 0 Å². The molecule has 1 heterocycles. The van der Waals surface area contributed by atoms with E-state index in [1.807, 2.05) is 6.92 Å². The summed E-state index contributed by atoms with van der Waals surface area (Å²) in [4.78, 5) is 47.1. The lowest BCUT2D eigenvalue weighted by molar-refractivity contribution is -0.237. The molecule has 0 aliphatic carbocycles. The number of hydrogen-bond donors (Lipinski definition) is 0. The zero-order chi connectivity index (χ0) is 29.9. The minimum Gasteiger partial charge on any atom is -0.463 e. The normalized spacial score (nSPS) is 22.7. The fourth-order valence-electron chi connectivity index (χ4n) is 3.84. The zero-order valence-electron chi connectivity index (χ0n) is 23.2. The van der Waals surface area contributed by atoms with Crippen molar-refractivity contribution in [2.75, 3.05) is 19.0 Å². The van der Waals surface area contributed by atoms with Crippen LogP contribution in [0.1, 0.15) is 52.5 Å². The minimum absolute atomic E-state index is 0.0138. The maximum Gasteiger partial charge on any atom is 0.303 e. The molecule has 1 aromatic rings. The first-order chi connectivity index (χ1) is 18.8. The van der Waals surface area contributed by atoms with Crippen LogP contribution in [0, 0.1) is 6.92 Å². The predicted molar refractivity (Wildman–Crippen MR) is 143 cm³/mol. The number of thioether (sulfide) groups is 1. The topological polar surface area (TPSA) is 158 Å². The van der Waals surface area contributed by atoms with Crippen LogP contribution in [0.5, 0.6) is 0 Å². The van der Waals surface area contributed by atoms with E-state index in [2.05, 4.69) is 0 Å². The van der Waals surface area contributed by atoms with E-state index in [9.17, 15) is 27.6 Å². The Labute approximate surface area is 238 Å². The Morgan fingerprint density at radius 2 is 1.38 bits per heavy atom. The van der Waals surface area contributed by atoms with Crippen molar-refractivity contribution in [2.45, 2.75) is 88.6 Å². The molecule has 224 valence electrons. The summed E-state index contributed by atoms with van der Waals surface area (Å²) in [5.74, 6) is -2.15. The maximum absolute atomic E-state index is 12.3. The third-order valence-corrected chi connectivity index (χ3v) is 8.13. The molecule has 40 heavy (non-hydrogen) atoms. The summed E-state index contributed by atoms with van der Waals surface area (Å²) >= 11 is 1.27. The molecule has 0 N–H and O–H groups in total. The molecule has 1 aliphatic heterocycles. The van der Waals surface area contributed by atoms with E-state index in [4.69, 9.17) is 27.9 Å². The molecule has 0 aromatic heterocycles. The van der Waals surface area contributed by atoms with Crippen LogP contribution in [0.15, 0.2) is 29.2 Å². The van der Waals surface area contributed by atoms with Crippen molar-refractivity contribution in [1.82, 2.24) is 0 Å². The lowest BCUT2D eigenvalue weighted by Crippen LogP contribution is -2.61. The quantitative estimate of drug-likeness (QED) is 0.132. The Bertz CT molecular complexity index is 1120. The molecular formula is C26H36O12S2. The van der Waals surface area contributed by atoms with Gasteiger partial charge >= 0.3 is 23.9 Å². The first-order valence-corrected chi connectivity index (χ1v) is 15.1. The summed E-state index contributed by atoms with van der Waals surface area (Å²) < 4.78 is 57.1. The van der Waals surface area contributed by atoms with Crippen LogP contribution in [-0.2, 0) is 57.2 Å². The second kappa shape index (κ2) is 15.9. The van der Waals surface area contributed by atoms with Gasteiger partial charge in [0.05, 0.1) is 11.5 Å². The molecule has 1 fully saturated rings. The van der Waals surface area contributed by atoms with Crippen LogP contribution >= 0.6 is 11.8 Å². The molecule has 0 saturated carbocycles. The van der Waals surface area contributed by atoms with Crippen LogP contribution in [-0.4, -0.2) is 81.1 Å². The molecule has 0 radical (unpaired) electrons. The van der Waals surface area contributed by atoms with Gasteiger partial charge in [-0.3, -0.25) is 23.4 Å². The van der Waals surface area contributed by atoms with Gasteiger partial charge in [0.15, 0.2) is 18.3 Å². The SMILES string of the molecule is CC(=O)OC[C@H]1O[C@H](SCCCCCOS(=O)(=O)c2ccc(C)cc2)[C@@H](OC(C)=O)[C@@H](OC(C)=O)[C@@H]1OC(C)=O. The average Bonchev–Trinajstić information content (AvgIpc) is 2.85. The highest BCUT2D eigenvalue weighted by atomic mass is 32.2.